The van der Waals surface area contributed by atoms with Crippen molar-refractivity contribution in [2.45, 2.75) is 6.54 Å². The summed E-state index contributed by atoms with van der Waals surface area (Å²) in [5.41, 5.74) is -0.931. The molecule has 0 fully saturated rings. The second-order valence-corrected chi connectivity index (χ2v) is 4.56. The Labute approximate surface area is 117 Å². The van der Waals surface area contributed by atoms with Gasteiger partial charge in [0.2, 0.25) is 0 Å². The van der Waals surface area contributed by atoms with E-state index >= 15 is 0 Å². The number of halogens is 3. The van der Waals surface area contributed by atoms with Gasteiger partial charge in [-0.25, -0.2) is 13.2 Å². The SMILES string of the molecule is O=C1C(=O)N(Cc2ccccc2F)c2c(F)ccc(F)c21. The highest BCUT2D eigenvalue weighted by atomic mass is 19.1. The first kappa shape index (κ1) is 13.4. The van der Waals surface area contributed by atoms with E-state index in [0.29, 0.717) is 0 Å². The lowest BCUT2D eigenvalue weighted by molar-refractivity contribution is -0.114. The van der Waals surface area contributed by atoms with Crippen LogP contribution in [0, 0.1) is 17.5 Å². The first-order chi connectivity index (χ1) is 10.0. The number of hydrogen-bond acceptors (Lipinski definition) is 2. The van der Waals surface area contributed by atoms with Crippen LogP contribution in [0.2, 0.25) is 0 Å². The van der Waals surface area contributed by atoms with E-state index in [-0.39, 0.29) is 12.1 Å². The van der Waals surface area contributed by atoms with Gasteiger partial charge in [-0.3, -0.25) is 14.5 Å². The number of carbonyl (C=O) groups is 2. The van der Waals surface area contributed by atoms with Crippen molar-refractivity contribution in [3.63, 3.8) is 0 Å². The summed E-state index contributed by atoms with van der Waals surface area (Å²) in [5.74, 6) is -4.67. The van der Waals surface area contributed by atoms with Gasteiger partial charge in [0.1, 0.15) is 17.5 Å². The van der Waals surface area contributed by atoms with Crippen LogP contribution in [0.1, 0.15) is 15.9 Å². The van der Waals surface area contributed by atoms with Crippen molar-refractivity contribution >= 4 is 17.4 Å². The molecule has 0 aromatic heterocycles. The van der Waals surface area contributed by atoms with Crippen LogP contribution in [-0.2, 0) is 11.3 Å². The third kappa shape index (κ3) is 1.99. The van der Waals surface area contributed by atoms with Gasteiger partial charge < -0.3 is 0 Å². The van der Waals surface area contributed by atoms with Crippen LogP contribution in [0.4, 0.5) is 18.9 Å². The standard InChI is InChI=1S/C15H8F3NO2/c16-9-4-2-1-3-8(9)7-19-13-11(18)6-5-10(17)12(13)14(20)15(19)21/h1-6H,7H2. The quantitative estimate of drug-likeness (QED) is 0.798. The minimum Gasteiger partial charge on any atom is -0.297 e. The maximum Gasteiger partial charge on any atom is 0.299 e. The number of carbonyl (C=O) groups excluding carboxylic acids is 2. The van der Waals surface area contributed by atoms with Gasteiger partial charge in [-0.15, -0.1) is 0 Å². The molecule has 0 N–H and O–H groups in total. The second-order valence-electron chi connectivity index (χ2n) is 4.56. The van der Waals surface area contributed by atoms with Crippen LogP contribution in [0.5, 0.6) is 0 Å². The summed E-state index contributed by atoms with van der Waals surface area (Å²) in [6, 6.07) is 7.21. The van der Waals surface area contributed by atoms with Crippen molar-refractivity contribution in [2.24, 2.45) is 0 Å². The zero-order chi connectivity index (χ0) is 15.1. The molecule has 2 aromatic rings. The Balaban J connectivity index is 2.10. The fraction of sp³-hybridized carbons (Fsp3) is 0.0667. The largest absolute Gasteiger partial charge is 0.299 e. The van der Waals surface area contributed by atoms with E-state index in [1.807, 2.05) is 0 Å². The maximum absolute atomic E-state index is 13.9. The van der Waals surface area contributed by atoms with Gasteiger partial charge in [-0.2, -0.15) is 0 Å². The molecule has 0 bridgehead atoms. The number of ketones is 1. The smallest absolute Gasteiger partial charge is 0.297 e. The summed E-state index contributed by atoms with van der Waals surface area (Å²) in [6.07, 6.45) is 0. The topological polar surface area (TPSA) is 37.4 Å². The summed E-state index contributed by atoms with van der Waals surface area (Å²) >= 11 is 0. The Kier molecular flexibility index (Phi) is 3.01. The lowest BCUT2D eigenvalue weighted by atomic mass is 10.1. The zero-order valence-corrected chi connectivity index (χ0v) is 10.6. The minimum atomic E-state index is -1.13. The molecule has 0 saturated heterocycles. The normalized spacial score (nSPS) is 13.8. The van der Waals surface area contributed by atoms with Gasteiger partial charge in [0.25, 0.3) is 11.7 Å². The highest BCUT2D eigenvalue weighted by molar-refractivity contribution is 6.52. The lowest BCUT2D eigenvalue weighted by Crippen LogP contribution is -2.30. The molecule has 6 heteroatoms. The van der Waals surface area contributed by atoms with Crippen molar-refractivity contribution in [1.29, 1.82) is 0 Å². The van der Waals surface area contributed by atoms with Gasteiger partial charge in [-0.05, 0) is 18.2 Å². The van der Waals surface area contributed by atoms with Crippen LogP contribution in [-0.4, -0.2) is 11.7 Å². The lowest BCUT2D eigenvalue weighted by Gasteiger charge is -2.17. The van der Waals surface area contributed by atoms with Gasteiger partial charge >= 0.3 is 0 Å². The summed E-state index contributed by atoms with van der Waals surface area (Å²) in [4.78, 5) is 24.4. The molecule has 1 aliphatic rings. The third-order valence-electron chi connectivity index (χ3n) is 3.30. The molecule has 0 radical (unpaired) electrons. The van der Waals surface area contributed by atoms with E-state index in [9.17, 15) is 22.8 Å². The van der Waals surface area contributed by atoms with Gasteiger partial charge in [0, 0.05) is 5.56 Å². The Morgan fingerprint density at radius 2 is 1.52 bits per heavy atom. The van der Waals surface area contributed by atoms with E-state index in [1.165, 1.54) is 18.2 Å². The molecule has 106 valence electrons. The second kappa shape index (κ2) is 4.73. The number of Topliss-reactive ketones (excluding diaryl/α,β-unsaturated/α-hetero) is 1. The fourth-order valence-electron chi connectivity index (χ4n) is 2.30. The fourth-order valence-corrected chi connectivity index (χ4v) is 2.30. The molecule has 0 atom stereocenters. The average molecular weight is 291 g/mol. The highest BCUT2D eigenvalue weighted by Gasteiger charge is 2.40. The van der Waals surface area contributed by atoms with E-state index in [0.717, 1.165) is 17.0 Å². The monoisotopic (exact) mass is 291 g/mol. The first-order valence-electron chi connectivity index (χ1n) is 6.08. The Morgan fingerprint density at radius 1 is 0.857 bits per heavy atom. The summed E-state index contributed by atoms with van der Waals surface area (Å²) in [6.45, 7) is -0.343. The Hall–Kier alpha value is -2.63. The number of benzene rings is 2. The predicted molar refractivity (Wildman–Crippen MR) is 68.3 cm³/mol. The van der Waals surface area contributed by atoms with E-state index in [4.69, 9.17) is 0 Å². The molecule has 0 aliphatic carbocycles. The van der Waals surface area contributed by atoms with Crippen LogP contribution in [0.25, 0.3) is 0 Å². The molecule has 3 nitrogen and oxygen atoms in total. The van der Waals surface area contributed by atoms with E-state index in [1.54, 1.807) is 6.07 Å². The van der Waals surface area contributed by atoms with Gasteiger partial charge in [0.15, 0.2) is 0 Å². The third-order valence-corrected chi connectivity index (χ3v) is 3.30. The highest BCUT2D eigenvalue weighted by Crippen LogP contribution is 2.34. The van der Waals surface area contributed by atoms with Crippen LogP contribution in [0.15, 0.2) is 36.4 Å². The van der Waals surface area contributed by atoms with Crippen molar-refractivity contribution in [3.8, 4) is 0 Å². The number of fused-ring (bicyclic) bond motifs is 1. The first-order valence-corrected chi connectivity index (χ1v) is 6.08. The minimum absolute atomic E-state index is 0.107. The van der Waals surface area contributed by atoms with Gasteiger partial charge in [-0.1, -0.05) is 18.2 Å². The summed E-state index contributed by atoms with van der Waals surface area (Å²) in [5, 5.41) is 0. The predicted octanol–water partition coefficient (Wildman–Crippen LogP) is 2.83. The maximum atomic E-state index is 13.9. The number of nitrogens with zero attached hydrogens (tertiary/aromatic N) is 1. The molecule has 0 spiro atoms. The van der Waals surface area contributed by atoms with Crippen LogP contribution >= 0.6 is 0 Å². The van der Waals surface area contributed by atoms with Crippen molar-refractivity contribution in [3.05, 3.63) is 65.0 Å². The molecular formula is C15H8F3NO2. The molecule has 1 heterocycles. The molecule has 1 aliphatic heterocycles. The molecule has 1 amide bonds. The molecule has 21 heavy (non-hydrogen) atoms. The van der Waals surface area contributed by atoms with Gasteiger partial charge in [0.05, 0.1) is 17.8 Å². The van der Waals surface area contributed by atoms with Crippen molar-refractivity contribution in [2.75, 3.05) is 4.90 Å². The van der Waals surface area contributed by atoms with Crippen LogP contribution in [0.3, 0.4) is 0 Å². The van der Waals surface area contributed by atoms with E-state index < -0.39 is 40.4 Å². The molecular weight excluding hydrogens is 283 g/mol. The number of hydrogen-bond donors (Lipinski definition) is 0. The van der Waals surface area contributed by atoms with Crippen molar-refractivity contribution in [1.82, 2.24) is 0 Å². The van der Waals surface area contributed by atoms with E-state index in [2.05, 4.69) is 0 Å². The summed E-state index contributed by atoms with van der Waals surface area (Å²) < 4.78 is 41.1. The molecule has 2 aromatic carbocycles. The summed E-state index contributed by atoms with van der Waals surface area (Å²) in [7, 11) is 0. The molecule has 3 rings (SSSR count). The number of anilines is 1. The van der Waals surface area contributed by atoms with Crippen LogP contribution < -0.4 is 4.90 Å². The average Bonchev–Trinajstić information content (AvgIpc) is 2.71. The molecule has 0 saturated carbocycles. The Morgan fingerprint density at radius 3 is 2.24 bits per heavy atom. The number of rotatable bonds is 2. The van der Waals surface area contributed by atoms with Crippen molar-refractivity contribution < 1.29 is 22.8 Å². The number of amides is 1. The molecule has 0 unspecified atom stereocenters. The Bertz CT molecular complexity index is 774. The zero-order valence-electron chi connectivity index (χ0n) is 10.6.